The first-order valence-electron chi connectivity index (χ1n) is 12.3. The summed E-state index contributed by atoms with van der Waals surface area (Å²) in [6.45, 7) is 4.44. The zero-order valence-corrected chi connectivity index (χ0v) is 23.7. The van der Waals surface area contributed by atoms with Crippen molar-refractivity contribution < 1.29 is 27.2 Å². The van der Waals surface area contributed by atoms with Gasteiger partial charge in [0.15, 0.2) is 17.4 Å². The number of rotatable bonds is 11. The minimum Gasteiger partial charge on any atom is -0.494 e. The number of hydrogen-bond donors (Lipinski definition) is 1. The van der Waals surface area contributed by atoms with Gasteiger partial charge in [-0.2, -0.15) is 8.78 Å². The van der Waals surface area contributed by atoms with Crippen molar-refractivity contribution in [2.24, 2.45) is 0 Å². The summed E-state index contributed by atoms with van der Waals surface area (Å²) >= 11 is 0. The summed E-state index contributed by atoms with van der Waals surface area (Å²) in [4.78, 5) is 12.7. The van der Waals surface area contributed by atoms with Crippen LogP contribution in [0.1, 0.15) is 38.3 Å². The minimum atomic E-state index is -3.11. The molecule has 1 N–H and O–H groups in total. The van der Waals surface area contributed by atoms with Crippen LogP contribution in [-0.2, 0) is 15.7 Å². The number of methoxy groups -OCH3 is 2. The third-order valence-electron chi connectivity index (χ3n) is 5.47. The van der Waals surface area contributed by atoms with E-state index in [2.05, 4.69) is 29.9 Å². The summed E-state index contributed by atoms with van der Waals surface area (Å²) in [6, 6.07) is 7.84. The second-order valence-electron chi connectivity index (χ2n) is 7.99. The largest absolute Gasteiger partial charge is 0.494 e. The van der Waals surface area contributed by atoms with Crippen LogP contribution in [0.25, 0.3) is 17.1 Å². The molecule has 4 rings (SSSR count). The van der Waals surface area contributed by atoms with Gasteiger partial charge in [0.2, 0.25) is 5.95 Å². The first kappa shape index (κ1) is 30.5. The van der Waals surface area contributed by atoms with Gasteiger partial charge < -0.3 is 14.2 Å². The molecule has 0 amide bonds. The Bertz CT molecular complexity index is 1390. The van der Waals surface area contributed by atoms with Crippen LogP contribution >= 0.6 is 0 Å². The Morgan fingerprint density at radius 1 is 1.00 bits per heavy atom. The van der Waals surface area contributed by atoms with Crippen LogP contribution in [0.2, 0.25) is 0 Å². The monoisotopic (exact) mass is 575 g/mol. The molecule has 4 aromatic rings. The number of ether oxygens (including phenoxy) is 3. The molecule has 3 atom stereocenters. The average molecular weight is 576 g/mol. The number of hydrogen-bond acceptors (Lipinski definition) is 9. The lowest BCUT2D eigenvalue weighted by molar-refractivity contribution is -0.0499. The van der Waals surface area contributed by atoms with Crippen molar-refractivity contribution in [2.45, 2.75) is 45.7 Å². The van der Waals surface area contributed by atoms with E-state index in [1.807, 2.05) is 20.8 Å². The zero-order chi connectivity index (χ0) is 29.2. The SMILES string of the molecule is CC.COc1cccc(OC(F)F)c1-n1c(NS(=O)C(C)C(OC)c2ncc(C)cn2)nnc1-c1cccnc1. The van der Waals surface area contributed by atoms with Crippen LogP contribution in [-0.4, -0.2) is 60.0 Å². The minimum absolute atomic E-state index is 0.0164. The first-order chi connectivity index (χ1) is 19.3. The number of nitrogens with one attached hydrogen (secondary N) is 1. The van der Waals surface area contributed by atoms with Crippen LogP contribution in [0, 0.1) is 6.92 Å². The van der Waals surface area contributed by atoms with Crippen LogP contribution in [0.5, 0.6) is 11.5 Å². The summed E-state index contributed by atoms with van der Waals surface area (Å²) in [7, 11) is 1.02. The number of para-hydroxylation sites is 1. The van der Waals surface area contributed by atoms with Crippen molar-refractivity contribution in [1.82, 2.24) is 29.7 Å². The van der Waals surface area contributed by atoms with E-state index < -0.39 is 29.0 Å². The number of aromatic nitrogens is 6. The number of nitrogens with zero attached hydrogens (tertiary/aromatic N) is 6. The predicted octanol–water partition coefficient (Wildman–Crippen LogP) is 4.92. The van der Waals surface area contributed by atoms with Gasteiger partial charge >= 0.3 is 6.61 Å². The number of alkyl halides is 2. The summed E-state index contributed by atoms with van der Waals surface area (Å²) in [5.74, 6) is 0.554. The van der Waals surface area contributed by atoms with Gasteiger partial charge in [-0.05, 0) is 43.7 Å². The van der Waals surface area contributed by atoms with E-state index >= 15 is 0 Å². The van der Waals surface area contributed by atoms with Gasteiger partial charge in [0.25, 0.3) is 0 Å². The maximum atomic E-state index is 13.5. The van der Waals surface area contributed by atoms with E-state index in [4.69, 9.17) is 14.2 Å². The molecule has 0 aliphatic carbocycles. The molecule has 1 aromatic carbocycles. The molecule has 11 nitrogen and oxygen atoms in total. The number of pyridine rings is 1. The number of aryl methyl sites for hydroxylation is 1. The van der Waals surface area contributed by atoms with Gasteiger partial charge in [0.1, 0.15) is 28.5 Å². The molecular weight excluding hydrogens is 544 g/mol. The Kier molecular flexibility index (Phi) is 11.0. The lowest BCUT2D eigenvalue weighted by atomic mass is 10.2. The molecule has 0 spiro atoms. The van der Waals surface area contributed by atoms with Crippen molar-refractivity contribution >= 4 is 16.9 Å². The van der Waals surface area contributed by atoms with Crippen molar-refractivity contribution in [3.05, 3.63) is 66.5 Å². The highest BCUT2D eigenvalue weighted by Gasteiger charge is 2.30. The number of benzene rings is 1. The van der Waals surface area contributed by atoms with Crippen LogP contribution < -0.4 is 14.2 Å². The third-order valence-corrected chi connectivity index (χ3v) is 6.78. The van der Waals surface area contributed by atoms with E-state index in [1.165, 1.54) is 37.1 Å². The number of halogens is 2. The first-order valence-corrected chi connectivity index (χ1v) is 13.5. The molecule has 0 aliphatic heterocycles. The molecule has 0 saturated carbocycles. The van der Waals surface area contributed by atoms with E-state index in [0.717, 1.165) is 5.56 Å². The second kappa shape index (κ2) is 14.4. The van der Waals surface area contributed by atoms with Gasteiger partial charge in [-0.1, -0.05) is 19.9 Å². The van der Waals surface area contributed by atoms with Gasteiger partial charge in [-0.25, -0.2) is 14.2 Å². The summed E-state index contributed by atoms with van der Waals surface area (Å²) < 4.78 is 60.2. The molecule has 0 aliphatic rings. The molecule has 3 aromatic heterocycles. The molecule has 0 radical (unpaired) electrons. The lowest BCUT2D eigenvalue weighted by Gasteiger charge is -2.22. The standard InChI is InChI=1S/C24H25F2N7O4S.C2H6/c1-14-11-28-21(29-12-14)20(36-4)15(2)38(34)32-24-31-30-22(16-7-6-10-27-13-16)33(24)19-17(35-3)8-5-9-18(19)37-23(25)26;1-2/h5-13,15,20,23H,1-4H3,(H,31,32);1-2H3. The normalized spacial score (nSPS) is 13.1. The van der Waals surface area contributed by atoms with Gasteiger partial charge in [0, 0.05) is 37.5 Å². The molecule has 3 unspecified atom stereocenters. The quantitative estimate of drug-likeness (QED) is 0.265. The van der Waals surface area contributed by atoms with E-state index in [9.17, 15) is 13.0 Å². The Labute approximate surface area is 233 Å². The van der Waals surface area contributed by atoms with Gasteiger partial charge in [0.05, 0.1) is 12.4 Å². The van der Waals surface area contributed by atoms with Crippen molar-refractivity contribution in [3.8, 4) is 28.6 Å². The molecule has 0 fully saturated rings. The molecule has 0 bridgehead atoms. The summed E-state index contributed by atoms with van der Waals surface area (Å²) in [5.41, 5.74) is 1.46. The maximum Gasteiger partial charge on any atom is 0.387 e. The average Bonchev–Trinajstić information content (AvgIpc) is 3.38. The topological polar surface area (TPSA) is 126 Å². The molecule has 40 heavy (non-hydrogen) atoms. The van der Waals surface area contributed by atoms with Crippen LogP contribution in [0.3, 0.4) is 0 Å². The second-order valence-corrected chi connectivity index (χ2v) is 9.53. The fourth-order valence-electron chi connectivity index (χ4n) is 3.67. The Balaban J connectivity index is 0.00000216. The van der Waals surface area contributed by atoms with E-state index in [1.54, 1.807) is 43.7 Å². The Hall–Kier alpha value is -4.04. The summed E-state index contributed by atoms with van der Waals surface area (Å²) in [6.07, 6.45) is 5.66. The molecular formula is C26H31F2N7O4S. The third kappa shape index (κ3) is 6.93. The zero-order valence-electron chi connectivity index (χ0n) is 22.9. The Morgan fingerprint density at radius 2 is 1.70 bits per heavy atom. The molecule has 214 valence electrons. The van der Waals surface area contributed by atoms with Crippen LogP contribution in [0.15, 0.2) is 55.1 Å². The fraction of sp³-hybridized carbons (Fsp3) is 0.346. The van der Waals surface area contributed by atoms with E-state index in [0.29, 0.717) is 11.4 Å². The smallest absolute Gasteiger partial charge is 0.387 e. The number of anilines is 1. The maximum absolute atomic E-state index is 13.5. The fourth-order valence-corrected chi connectivity index (χ4v) is 4.63. The van der Waals surface area contributed by atoms with Crippen molar-refractivity contribution in [2.75, 3.05) is 18.9 Å². The van der Waals surface area contributed by atoms with Crippen LogP contribution in [0.4, 0.5) is 14.7 Å². The van der Waals surface area contributed by atoms with Gasteiger partial charge in [-0.15, -0.1) is 10.2 Å². The van der Waals surface area contributed by atoms with Crippen molar-refractivity contribution in [1.29, 1.82) is 0 Å². The highest BCUT2D eigenvalue weighted by atomic mass is 32.2. The van der Waals surface area contributed by atoms with Gasteiger partial charge in [-0.3, -0.25) is 14.3 Å². The Morgan fingerprint density at radius 3 is 2.30 bits per heavy atom. The highest BCUT2D eigenvalue weighted by molar-refractivity contribution is 7.87. The predicted molar refractivity (Wildman–Crippen MR) is 147 cm³/mol. The summed E-state index contributed by atoms with van der Waals surface area (Å²) in [5, 5.41) is 7.73. The molecule has 0 saturated heterocycles. The molecule has 14 heteroatoms. The molecule has 3 heterocycles. The highest BCUT2D eigenvalue weighted by Crippen LogP contribution is 2.38. The van der Waals surface area contributed by atoms with E-state index in [-0.39, 0.29) is 29.0 Å². The van der Waals surface area contributed by atoms with Crippen molar-refractivity contribution in [3.63, 3.8) is 0 Å². The lowest BCUT2D eigenvalue weighted by Crippen LogP contribution is -2.28.